The van der Waals surface area contributed by atoms with E-state index >= 15 is 0 Å². The predicted octanol–water partition coefficient (Wildman–Crippen LogP) is 0.702. The molecule has 1 atom stereocenters. The zero-order chi connectivity index (χ0) is 17.8. The lowest BCUT2D eigenvalue weighted by molar-refractivity contribution is -0.133. The summed E-state index contributed by atoms with van der Waals surface area (Å²) in [5.74, 6) is 0.488. The Labute approximate surface area is 145 Å². The van der Waals surface area contributed by atoms with Crippen molar-refractivity contribution < 1.29 is 22.7 Å². The van der Waals surface area contributed by atoms with Crippen LogP contribution in [0.1, 0.15) is 32.6 Å². The van der Waals surface area contributed by atoms with Gasteiger partial charge in [0.25, 0.3) is 0 Å². The number of ether oxygens (including phenoxy) is 2. The summed E-state index contributed by atoms with van der Waals surface area (Å²) in [5, 5.41) is 0. The lowest BCUT2D eigenvalue weighted by Crippen LogP contribution is -2.49. The monoisotopic (exact) mass is 362 g/mol. The number of nitrogens with zero attached hydrogens (tertiary/aromatic N) is 2. The zero-order valence-corrected chi connectivity index (χ0v) is 15.8. The number of hydrogen-bond donors (Lipinski definition) is 0. The molecule has 2 aliphatic heterocycles. The van der Waals surface area contributed by atoms with Gasteiger partial charge in [0.15, 0.2) is 0 Å². The Balaban J connectivity index is 1.82. The third-order valence-corrected chi connectivity index (χ3v) is 7.14. The van der Waals surface area contributed by atoms with E-state index in [-0.39, 0.29) is 23.9 Å². The first kappa shape index (κ1) is 19.6. The Morgan fingerprint density at radius 1 is 1.33 bits per heavy atom. The van der Waals surface area contributed by atoms with Gasteiger partial charge in [-0.15, -0.1) is 0 Å². The predicted molar refractivity (Wildman–Crippen MR) is 91.2 cm³/mol. The molecule has 0 N–H and O–H groups in total. The van der Waals surface area contributed by atoms with E-state index in [1.807, 2.05) is 0 Å². The van der Waals surface area contributed by atoms with E-state index in [0.29, 0.717) is 25.6 Å². The average molecular weight is 362 g/mol. The van der Waals surface area contributed by atoms with Gasteiger partial charge in [-0.25, -0.2) is 12.7 Å². The maximum atomic E-state index is 12.0. The molecule has 2 saturated heterocycles. The second-order valence-electron chi connectivity index (χ2n) is 6.83. The van der Waals surface area contributed by atoms with Crippen molar-refractivity contribution in [1.29, 1.82) is 0 Å². The number of carbonyl (C=O) groups is 1. The number of likely N-dealkylation sites (N-methyl/N-ethyl adjacent to an activating group) is 1. The van der Waals surface area contributed by atoms with Gasteiger partial charge in [-0.3, -0.25) is 4.79 Å². The van der Waals surface area contributed by atoms with Gasteiger partial charge in [-0.05, 0) is 38.5 Å². The Morgan fingerprint density at radius 2 is 2.00 bits per heavy atom. The summed E-state index contributed by atoms with van der Waals surface area (Å²) in [5.41, 5.74) is -0.214. The highest BCUT2D eigenvalue weighted by atomic mass is 32.2. The summed E-state index contributed by atoms with van der Waals surface area (Å²) in [4.78, 5) is 13.0. The van der Waals surface area contributed by atoms with Crippen molar-refractivity contribution in [3.8, 4) is 0 Å². The molecule has 24 heavy (non-hydrogen) atoms. The smallest absolute Gasteiger partial charge is 0.248 e. The van der Waals surface area contributed by atoms with Crippen molar-refractivity contribution in [3.63, 3.8) is 0 Å². The molecule has 1 amide bonds. The molecular formula is C16H30N2O5S. The topological polar surface area (TPSA) is 76.1 Å². The fourth-order valence-electron chi connectivity index (χ4n) is 3.58. The molecule has 1 spiro atoms. The van der Waals surface area contributed by atoms with Crippen LogP contribution >= 0.6 is 0 Å². The molecule has 2 rings (SSSR count). The molecule has 2 fully saturated rings. The van der Waals surface area contributed by atoms with Crippen LogP contribution in [0.4, 0.5) is 0 Å². The van der Waals surface area contributed by atoms with Crippen molar-refractivity contribution >= 4 is 15.9 Å². The molecule has 0 aliphatic carbocycles. The number of piperidine rings is 1. The van der Waals surface area contributed by atoms with Crippen molar-refractivity contribution in [2.75, 3.05) is 52.8 Å². The van der Waals surface area contributed by atoms with Gasteiger partial charge in [0.05, 0.1) is 11.4 Å². The Kier molecular flexibility index (Phi) is 6.64. The SMILES string of the molecule is CCS(=O)(=O)N1CCC2(CC1)OCCC2CCOCC(=O)N(C)C. The Hall–Kier alpha value is -0.700. The lowest BCUT2D eigenvalue weighted by Gasteiger charge is -2.41. The van der Waals surface area contributed by atoms with Crippen LogP contribution in [-0.2, 0) is 24.3 Å². The quantitative estimate of drug-likeness (QED) is 0.623. The lowest BCUT2D eigenvalue weighted by atomic mass is 9.78. The van der Waals surface area contributed by atoms with Crippen LogP contribution in [-0.4, -0.2) is 81.9 Å². The first-order valence-corrected chi connectivity index (χ1v) is 10.3. The largest absolute Gasteiger partial charge is 0.375 e. The van der Waals surface area contributed by atoms with Crippen LogP contribution in [0.5, 0.6) is 0 Å². The first-order valence-electron chi connectivity index (χ1n) is 8.70. The number of sulfonamides is 1. The van der Waals surface area contributed by atoms with Crippen molar-refractivity contribution in [2.24, 2.45) is 5.92 Å². The van der Waals surface area contributed by atoms with Crippen molar-refractivity contribution in [3.05, 3.63) is 0 Å². The van der Waals surface area contributed by atoms with E-state index in [4.69, 9.17) is 9.47 Å². The summed E-state index contributed by atoms with van der Waals surface area (Å²) >= 11 is 0. The van der Waals surface area contributed by atoms with E-state index in [1.54, 1.807) is 25.3 Å². The normalized spacial score (nSPS) is 24.4. The molecule has 0 aromatic carbocycles. The van der Waals surface area contributed by atoms with Crippen LogP contribution < -0.4 is 0 Å². The van der Waals surface area contributed by atoms with E-state index in [2.05, 4.69) is 0 Å². The maximum absolute atomic E-state index is 12.0. The number of hydrogen-bond acceptors (Lipinski definition) is 5. The van der Waals surface area contributed by atoms with Gasteiger partial charge in [0.1, 0.15) is 6.61 Å². The fourth-order valence-corrected chi connectivity index (χ4v) is 4.69. The highest BCUT2D eigenvalue weighted by Gasteiger charge is 2.47. The van der Waals surface area contributed by atoms with Crippen LogP contribution in [0.2, 0.25) is 0 Å². The van der Waals surface area contributed by atoms with Crippen molar-refractivity contribution in [1.82, 2.24) is 9.21 Å². The second kappa shape index (κ2) is 8.12. The van der Waals surface area contributed by atoms with Crippen LogP contribution in [0.3, 0.4) is 0 Å². The Morgan fingerprint density at radius 3 is 2.58 bits per heavy atom. The molecule has 0 aromatic rings. The summed E-state index contributed by atoms with van der Waals surface area (Å²) in [6.07, 6.45) is 3.31. The molecule has 0 radical (unpaired) electrons. The van der Waals surface area contributed by atoms with Crippen LogP contribution in [0.15, 0.2) is 0 Å². The zero-order valence-electron chi connectivity index (χ0n) is 15.0. The second-order valence-corrected chi connectivity index (χ2v) is 9.09. The number of rotatable bonds is 7. The van der Waals surface area contributed by atoms with E-state index in [0.717, 1.165) is 32.3 Å². The molecule has 0 saturated carbocycles. The summed E-state index contributed by atoms with van der Waals surface area (Å²) in [7, 11) is 0.311. The fraction of sp³-hybridized carbons (Fsp3) is 0.938. The molecule has 2 aliphatic rings. The maximum Gasteiger partial charge on any atom is 0.248 e. The van der Waals surface area contributed by atoms with Gasteiger partial charge in [-0.1, -0.05) is 0 Å². The minimum absolute atomic E-state index is 0.0366. The highest BCUT2D eigenvalue weighted by Crippen LogP contribution is 2.42. The third kappa shape index (κ3) is 4.47. The molecule has 0 aromatic heterocycles. The van der Waals surface area contributed by atoms with Gasteiger partial charge in [-0.2, -0.15) is 0 Å². The third-order valence-electron chi connectivity index (χ3n) is 5.26. The molecule has 1 unspecified atom stereocenters. The van der Waals surface area contributed by atoms with E-state index < -0.39 is 10.0 Å². The van der Waals surface area contributed by atoms with Gasteiger partial charge < -0.3 is 14.4 Å². The summed E-state index contributed by atoms with van der Waals surface area (Å²) in [6, 6.07) is 0. The average Bonchev–Trinajstić information content (AvgIpc) is 2.93. The van der Waals surface area contributed by atoms with Crippen LogP contribution in [0.25, 0.3) is 0 Å². The first-order chi connectivity index (χ1) is 11.3. The van der Waals surface area contributed by atoms with Crippen LogP contribution in [0, 0.1) is 5.92 Å². The number of carbonyl (C=O) groups excluding carboxylic acids is 1. The molecule has 140 valence electrons. The van der Waals surface area contributed by atoms with Gasteiger partial charge in [0.2, 0.25) is 15.9 Å². The summed E-state index contributed by atoms with van der Waals surface area (Å²) < 4.78 is 37.1. The molecular weight excluding hydrogens is 332 g/mol. The number of amides is 1. The minimum atomic E-state index is -3.11. The van der Waals surface area contributed by atoms with E-state index in [9.17, 15) is 13.2 Å². The minimum Gasteiger partial charge on any atom is -0.375 e. The highest BCUT2D eigenvalue weighted by molar-refractivity contribution is 7.89. The molecule has 7 nitrogen and oxygen atoms in total. The van der Waals surface area contributed by atoms with Crippen molar-refractivity contribution in [2.45, 2.75) is 38.2 Å². The summed E-state index contributed by atoms with van der Waals surface area (Å²) in [6.45, 7) is 4.12. The Bertz CT molecular complexity index is 527. The van der Waals surface area contributed by atoms with Gasteiger partial charge >= 0.3 is 0 Å². The van der Waals surface area contributed by atoms with E-state index in [1.165, 1.54) is 4.90 Å². The molecule has 8 heteroatoms. The molecule has 2 heterocycles. The molecule has 0 bridgehead atoms. The standard InChI is InChI=1S/C16H30N2O5S/c1-4-24(20,21)18-9-7-16(8-10-18)14(6-12-23-16)5-11-22-13-15(19)17(2)3/h14H,4-13H2,1-3H3. The van der Waals surface area contributed by atoms with Gasteiger partial charge in [0, 0.05) is 40.4 Å².